The number of hydrogen-bond acceptors (Lipinski definition) is 5. The highest BCUT2D eigenvalue weighted by atomic mass is 16.5. The summed E-state index contributed by atoms with van der Waals surface area (Å²) in [5.74, 6) is 0.863. The van der Waals surface area contributed by atoms with Gasteiger partial charge >= 0.3 is 0 Å². The maximum Gasteiger partial charge on any atom is 0.155 e. The molecule has 22 heavy (non-hydrogen) atoms. The summed E-state index contributed by atoms with van der Waals surface area (Å²) in [4.78, 5) is 7.23. The molecule has 0 amide bonds. The molecule has 0 aliphatic carbocycles. The first kappa shape index (κ1) is 13.5. The smallest absolute Gasteiger partial charge is 0.155 e. The Kier molecular flexibility index (Phi) is 3.38. The summed E-state index contributed by atoms with van der Waals surface area (Å²) >= 11 is 0. The first-order valence-corrected chi connectivity index (χ1v) is 7.76. The Morgan fingerprint density at radius 1 is 1.32 bits per heavy atom. The van der Waals surface area contributed by atoms with Crippen LogP contribution in [0.15, 0.2) is 35.1 Å². The van der Waals surface area contributed by atoms with Crippen LogP contribution in [0.4, 0.5) is 0 Å². The third kappa shape index (κ3) is 2.50. The third-order valence-corrected chi connectivity index (χ3v) is 4.28. The number of aromatic nitrogens is 4. The van der Waals surface area contributed by atoms with Gasteiger partial charge in [-0.05, 0) is 32.4 Å². The second kappa shape index (κ2) is 5.53. The Labute approximate surface area is 128 Å². The zero-order valence-electron chi connectivity index (χ0n) is 12.6. The SMILES string of the molecule is Cc1cc(CN2CCCCC2c2ccn3nccc3n2)no1. The predicted molar refractivity (Wildman–Crippen MR) is 81.2 cm³/mol. The van der Waals surface area contributed by atoms with E-state index in [1.54, 1.807) is 10.7 Å². The van der Waals surface area contributed by atoms with Gasteiger partial charge in [0.15, 0.2) is 5.65 Å². The number of aryl methyl sites for hydroxylation is 1. The van der Waals surface area contributed by atoms with Gasteiger partial charge in [-0.15, -0.1) is 0 Å². The van der Waals surface area contributed by atoms with Crippen LogP contribution in [0.25, 0.3) is 5.65 Å². The minimum atomic E-state index is 0.339. The number of hydrogen-bond donors (Lipinski definition) is 0. The fourth-order valence-electron chi connectivity index (χ4n) is 3.23. The van der Waals surface area contributed by atoms with Crippen LogP contribution >= 0.6 is 0 Å². The average Bonchev–Trinajstić information content (AvgIpc) is 3.16. The summed E-state index contributed by atoms with van der Waals surface area (Å²) < 4.78 is 6.99. The monoisotopic (exact) mass is 297 g/mol. The van der Waals surface area contributed by atoms with Crippen LogP contribution in [0.3, 0.4) is 0 Å². The summed E-state index contributed by atoms with van der Waals surface area (Å²) in [5, 5.41) is 8.34. The van der Waals surface area contributed by atoms with Crippen LogP contribution in [0, 0.1) is 6.92 Å². The summed E-state index contributed by atoms with van der Waals surface area (Å²) in [6.07, 6.45) is 7.37. The second-order valence-electron chi connectivity index (χ2n) is 5.90. The maximum absolute atomic E-state index is 5.19. The molecule has 3 aromatic rings. The third-order valence-electron chi connectivity index (χ3n) is 4.28. The fourth-order valence-corrected chi connectivity index (χ4v) is 3.23. The standard InChI is InChI=1S/C16H19N5O/c1-12-10-13(19-22-12)11-20-8-3-2-4-15(20)14-6-9-21-16(18-14)5-7-17-21/h5-7,9-10,15H,2-4,8,11H2,1H3. The molecule has 0 spiro atoms. The van der Waals surface area contributed by atoms with E-state index in [0.717, 1.165) is 42.3 Å². The number of piperidine rings is 1. The largest absolute Gasteiger partial charge is 0.361 e. The molecule has 1 atom stereocenters. The van der Waals surface area contributed by atoms with E-state index in [2.05, 4.69) is 21.2 Å². The van der Waals surface area contributed by atoms with Crippen molar-refractivity contribution in [3.05, 3.63) is 47.7 Å². The van der Waals surface area contributed by atoms with E-state index >= 15 is 0 Å². The summed E-state index contributed by atoms with van der Waals surface area (Å²) in [5.41, 5.74) is 3.02. The molecule has 0 radical (unpaired) electrons. The Morgan fingerprint density at radius 3 is 3.14 bits per heavy atom. The highest BCUT2D eigenvalue weighted by Gasteiger charge is 2.26. The molecule has 4 heterocycles. The van der Waals surface area contributed by atoms with E-state index < -0.39 is 0 Å². The van der Waals surface area contributed by atoms with Gasteiger partial charge in [-0.25, -0.2) is 9.50 Å². The molecule has 3 aromatic heterocycles. The molecule has 0 bridgehead atoms. The van der Waals surface area contributed by atoms with Gasteiger partial charge in [-0.3, -0.25) is 4.90 Å². The predicted octanol–water partition coefficient (Wildman–Crippen LogP) is 2.75. The number of rotatable bonds is 3. The van der Waals surface area contributed by atoms with Crippen LogP contribution in [-0.2, 0) is 6.54 Å². The summed E-state index contributed by atoms with van der Waals surface area (Å²) in [6.45, 7) is 3.82. The highest BCUT2D eigenvalue weighted by molar-refractivity contribution is 5.37. The molecule has 6 heteroatoms. The topological polar surface area (TPSA) is 59.5 Å². The van der Waals surface area contributed by atoms with Crippen LogP contribution in [0.1, 0.15) is 42.5 Å². The van der Waals surface area contributed by atoms with Crippen molar-refractivity contribution in [3.8, 4) is 0 Å². The molecule has 114 valence electrons. The van der Waals surface area contributed by atoms with Crippen LogP contribution in [0.2, 0.25) is 0 Å². The van der Waals surface area contributed by atoms with Crippen molar-refractivity contribution in [2.24, 2.45) is 0 Å². The normalized spacial score (nSPS) is 19.8. The lowest BCUT2D eigenvalue weighted by atomic mass is 9.99. The zero-order valence-corrected chi connectivity index (χ0v) is 12.6. The van der Waals surface area contributed by atoms with Crippen molar-refractivity contribution >= 4 is 5.65 Å². The van der Waals surface area contributed by atoms with E-state index in [1.807, 2.05) is 25.3 Å². The van der Waals surface area contributed by atoms with Gasteiger partial charge in [0, 0.05) is 24.9 Å². The Balaban J connectivity index is 1.61. The van der Waals surface area contributed by atoms with Gasteiger partial charge in [0.2, 0.25) is 0 Å². The van der Waals surface area contributed by atoms with E-state index in [-0.39, 0.29) is 0 Å². The van der Waals surface area contributed by atoms with Crippen molar-refractivity contribution in [2.75, 3.05) is 6.54 Å². The first-order valence-electron chi connectivity index (χ1n) is 7.76. The van der Waals surface area contributed by atoms with Crippen molar-refractivity contribution in [3.63, 3.8) is 0 Å². The van der Waals surface area contributed by atoms with Gasteiger partial charge in [0.1, 0.15) is 5.76 Å². The van der Waals surface area contributed by atoms with E-state index in [0.29, 0.717) is 6.04 Å². The molecule has 0 N–H and O–H groups in total. The number of fused-ring (bicyclic) bond motifs is 1. The fraction of sp³-hybridized carbons (Fsp3) is 0.438. The summed E-state index contributed by atoms with van der Waals surface area (Å²) in [6, 6.07) is 6.37. The first-order chi connectivity index (χ1) is 10.8. The number of nitrogens with zero attached hydrogens (tertiary/aromatic N) is 5. The Morgan fingerprint density at radius 2 is 2.27 bits per heavy atom. The molecule has 1 aliphatic heterocycles. The van der Waals surface area contributed by atoms with Gasteiger partial charge in [-0.1, -0.05) is 11.6 Å². The maximum atomic E-state index is 5.19. The average molecular weight is 297 g/mol. The van der Waals surface area contributed by atoms with E-state index in [1.165, 1.54) is 12.8 Å². The Bertz CT molecular complexity index is 778. The van der Waals surface area contributed by atoms with Gasteiger partial charge in [0.25, 0.3) is 0 Å². The molecule has 0 aromatic carbocycles. The molecule has 6 nitrogen and oxygen atoms in total. The molecule has 1 unspecified atom stereocenters. The molecule has 1 fully saturated rings. The van der Waals surface area contributed by atoms with Gasteiger partial charge < -0.3 is 4.52 Å². The zero-order chi connectivity index (χ0) is 14.9. The molecular formula is C16H19N5O. The molecule has 4 rings (SSSR count). The van der Waals surface area contributed by atoms with Crippen LogP contribution < -0.4 is 0 Å². The summed E-state index contributed by atoms with van der Waals surface area (Å²) in [7, 11) is 0. The molecule has 1 saturated heterocycles. The quantitative estimate of drug-likeness (QED) is 0.744. The van der Waals surface area contributed by atoms with Crippen molar-refractivity contribution in [1.82, 2.24) is 24.7 Å². The molecule has 0 saturated carbocycles. The van der Waals surface area contributed by atoms with Gasteiger partial charge in [-0.2, -0.15) is 5.10 Å². The lowest BCUT2D eigenvalue weighted by molar-refractivity contribution is 0.134. The lowest BCUT2D eigenvalue weighted by Gasteiger charge is -2.34. The highest BCUT2D eigenvalue weighted by Crippen LogP contribution is 2.31. The van der Waals surface area contributed by atoms with Crippen LogP contribution in [-0.4, -0.2) is 31.2 Å². The minimum absolute atomic E-state index is 0.339. The Hall–Kier alpha value is -2.21. The molecular weight excluding hydrogens is 278 g/mol. The molecule has 1 aliphatic rings. The van der Waals surface area contributed by atoms with E-state index in [4.69, 9.17) is 9.51 Å². The van der Waals surface area contributed by atoms with E-state index in [9.17, 15) is 0 Å². The van der Waals surface area contributed by atoms with Crippen molar-refractivity contribution in [1.29, 1.82) is 0 Å². The minimum Gasteiger partial charge on any atom is -0.361 e. The number of likely N-dealkylation sites (tertiary alicyclic amines) is 1. The second-order valence-corrected chi connectivity index (χ2v) is 5.90. The van der Waals surface area contributed by atoms with Crippen molar-refractivity contribution in [2.45, 2.75) is 38.8 Å². The van der Waals surface area contributed by atoms with Crippen LogP contribution in [0.5, 0.6) is 0 Å². The van der Waals surface area contributed by atoms with Gasteiger partial charge in [0.05, 0.1) is 23.6 Å². The lowest BCUT2D eigenvalue weighted by Crippen LogP contribution is -2.33. The van der Waals surface area contributed by atoms with Crippen molar-refractivity contribution < 1.29 is 4.52 Å².